The van der Waals surface area contributed by atoms with Crippen LogP contribution in [0.15, 0.2) is 18.3 Å². The van der Waals surface area contributed by atoms with E-state index in [9.17, 15) is 13.6 Å². The Morgan fingerprint density at radius 3 is 2.56 bits per heavy atom. The van der Waals surface area contributed by atoms with Crippen LogP contribution in [0.5, 0.6) is 5.75 Å². The highest BCUT2D eigenvalue weighted by atomic mass is 19.1. The van der Waals surface area contributed by atoms with Crippen LogP contribution in [0, 0.1) is 28.9 Å². The quantitative estimate of drug-likeness (QED) is 0.840. The standard InChI is InChI=1S/C17H15F2N3O3/c1-24-17(23)15-14(21)10(6-20)7-22(15)11-4-12(18)16(13(19)5-11)25-8-9-2-3-9/h4-5,7,9H,2-3,8,21H2,1H3. The third-order valence-electron chi connectivity index (χ3n) is 3.97. The molecule has 130 valence electrons. The second-order valence-corrected chi connectivity index (χ2v) is 5.77. The molecule has 1 heterocycles. The van der Waals surface area contributed by atoms with Crippen LogP contribution in [-0.2, 0) is 4.74 Å². The summed E-state index contributed by atoms with van der Waals surface area (Å²) in [6, 6.07) is 3.84. The number of aromatic nitrogens is 1. The van der Waals surface area contributed by atoms with Gasteiger partial charge in [-0.1, -0.05) is 0 Å². The number of nitrogens with zero attached hydrogens (tertiary/aromatic N) is 2. The maximum Gasteiger partial charge on any atom is 0.357 e. The van der Waals surface area contributed by atoms with E-state index >= 15 is 0 Å². The molecule has 2 aromatic rings. The first-order valence-corrected chi connectivity index (χ1v) is 7.57. The van der Waals surface area contributed by atoms with E-state index in [1.807, 2.05) is 6.07 Å². The Balaban J connectivity index is 2.04. The first-order chi connectivity index (χ1) is 12.0. The zero-order valence-corrected chi connectivity index (χ0v) is 13.4. The Labute approximate surface area is 142 Å². The van der Waals surface area contributed by atoms with Crippen LogP contribution in [0.4, 0.5) is 14.5 Å². The fraction of sp³-hybridized carbons (Fsp3) is 0.294. The van der Waals surface area contributed by atoms with Crippen LogP contribution in [0.25, 0.3) is 5.69 Å². The molecule has 0 bridgehead atoms. The molecular formula is C17H15F2N3O3. The third kappa shape index (κ3) is 3.13. The first kappa shape index (κ1) is 16.8. The number of benzene rings is 1. The van der Waals surface area contributed by atoms with Gasteiger partial charge < -0.3 is 19.8 Å². The van der Waals surface area contributed by atoms with E-state index < -0.39 is 23.4 Å². The number of methoxy groups -OCH3 is 1. The number of hydrogen-bond donors (Lipinski definition) is 1. The lowest BCUT2D eigenvalue weighted by Gasteiger charge is -2.12. The van der Waals surface area contributed by atoms with Gasteiger partial charge in [0.25, 0.3) is 0 Å². The van der Waals surface area contributed by atoms with Crippen molar-refractivity contribution in [3.05, 3.63) is 41.2 Å². The van der Waals surface area contributed by atoms with Crippen LogP contribution in [0.2, 0.25) is 0 Å². The molecule has 1 saturated carbocycles. The lowest BCUT2D eigenvalue weighted by molar-refractivity contribution is 0.0593. The van der Waals surface area contributed by atoms with Crippen molar-refractivity contribution < 1.29 is 23.0 Å². The summed E-state index contributed by atoms with van der Waals surface area (Å²) in [6.45, 7) is 0.260. The third-order valence-corrected chi connectivity index (χ3v) is 3.97. The maximum absolute atomic E-state index is 14.3. The largest absolute Gasteiger partial charge is 0.487 e. The number of nitrogen functional groups attached to an aromatic ring is 1. The van der Waals surface area contributed by atoms with Gasteiger partial charge in [0.05, 0.1) is 30.7 Å². The lowest BCUT2D eigenvalue weighted by Crippen LogP contribution is -2.12. The van der Waals surface area contributed by atoms with Crippen LogP contribution >= 0.6 is 0 Å². The summed E-state index contributed by atoms with van der Waals surface area (Å²) in [6.07, 6.45) is 3.20. The minimum atomic E-state index is -0.905. The molecule has 8 heteroatoms. The molecule has 0 amide bonds. The van der Waals surface area contributed by atoms with Crippen molar-refractivity contribution in [2.45, 2.75) is 12.8 Å². The van der Waals surface area contributed by atoms with Crippen molar-refractivity contribution in [2.75, 3.05) is 19.5 Å². The Morgan fingerprint density at radius 2 is 2.04 bits per heavy atom. The molecule has 0 saturated heterocycles. The second-order valence-electron chi connectivity index (χ2n) is 5.77. The summed E-state index contributed by atoms with van der Waals surface area (Å²) >= 11 is 0. The van der Waals surface area contributed by atoms with E-state index in [0.717, 1.165) is 36.7 Å². The van der Waals surface area contributed by atoms with Crippen molar-refractivity contribution >= 4 is 11.7 Å². The van der Waals surface area contributed by atoms with Gasteiger partial charge >= 0.3 is 5.97 Å². The van der Waals surface area contributed by atoms with Crippen LogP contribution in [0.3, 0.4) is 0 Å². The zero-order chi connectivity index (χ0) is 18.1. The Bertz CT molecular complexity index is 859. The van der Waals surface area contributed by atoms with Gasteiger partial charge in [-0.15, -0.1) is 0 Å². The summed E-state index contributed by atoms with van der Waals surface area (Å²) in [4.78, 5) is 11.9. The molecule has 1 aliphatic carbocycles. The first-order valence-electron chi connectivity index (χ1n) is 7.57. The number of halogens is 2. The molecule has 0 aliphatic heterocycles. The van der Waals surface area contributed by atoms with Gasteiger partial charge in [-0.05, 0) is 18.8 Å². The van der Waals surface area contributed by atoms with Crippen molar-refractivity contribution in [3.8, 4) is 17.5 Å². The summed E-state index contributed by atoms with van der Waals surface area (Å²) < 4.78 is 39.5. The molecule has 0 radical (unpaired) electrons. The van der Waals surface area contributed by atoms with E-state index in [1.165, 1.54) is 6.20 Å². The summed E-state index contributed by atoms with van der Waals surface area (Å²) in [5.41, 5.74) is 5.45. The number of carbonyl (C=O) groups excluding carboxylic acids is 1. The van der Waals surface area contributed by atoms with Gasteiger partial charge in [-0.25, -0.2) is 13.6 Å². The minimum absolute atomic E-state index is 0.00437. The Kier molecular flexibility index (Phi) is 4.31. The van der Waals surface area contributed by atoms with Gasteiger partial charge in [-0.2, -0.15) is 5.26 Å². The second kappa shape index (κ2) is 6.43. The smallest absolute Gasteiger partial charge is 0.357 e. The van der Waals surface area contributed by atoms with Crippen molar-refractivity contribution in [3.63, 3.8) is 0 Å². The molecule has 2 N–H and O–H groups in total. The van der Waals surface area contributed by atoms with E-state index in [0.29, 0.717) is 5.92 Å². The molecule has 0 atom stereocenters. The molecule has 0 spiro atoms. The highest BCUT2D eigenvalue weighted by Crippen LogP contribution is 2.33. The predicted octanol–water partition coefficient (Wildman–Crippen LogP) is 2.78. The predicted molar refractivity (Wildman–Crippen MR) is 84.4 cm³/mol. The van der Waals surface area contributed by atoms with Crippen LogP contribution in [0.1, 0.15) is 28.9 Å². The van der Waals surface area contributed by atoms with Crippen molar-refractivity contribution in [1.82, 2.24) is 4.57 Å². The number of nitriles is 1. The highest BCUT2D eigenvalue weighted by Gasteiger charge is 2.25. The molecule has 1 aromatic heterocycles. The Morgan fingerprint density at radius 1 is 1.40 bits per heavy atom. The number of rotatable bonds is 5. The molecule has 25 heavy (non-hydrogen) atoms. The fourth-order valence-electron chi connectivity index (χ4n) is 2.43. The molecule has 6 nitrogen and oxygen atoms in total. The van der Waals surface area contributed by atoms with Crippen molar-refractivity contribution in [2.24, 2.45) is 5.92 Å². The molecule has 3 rings (SSSR count). The SMILES string of the molecule is COC(=O)c1c(N)c(C#N)cn1-c1cc(F)c(OCC2CC2)c(F)c1. The number of ether oxygens (including phenoxy) is 2. The van der Waals surface area contributed by atoms with E-state index in [2.05, 4.69) is 4.74 Å². The topological polar surface area (TPSA) is 90.3 Å². The van der Waals surface area contributed by atoms with E-state index in [4.69, 9.17) is 15.7 Å². The van der Waals surface area contributed by atoms with E-state index in [-0.39, 0.29) is 29.2 Å². The molecular weight excluding hydrogens is 332 g/mol. The number of nitrogens with two attached hydrogens (primary N) is 1. The zero-order valence-electron chi connectivity index (χ0n) is 13.4. The van der Waals surface area contributed by atoms with Crippen LogP contribution in [-0.4, -0.2) is 24.3 Å². The summed E-state index contributed by atoms with van der Waals surface area (Å²) in [7, 11) is 1.14. The number of anilines is 1. The van der Waals surface area contributed by atoms with Gasteiger partial charge in [0.2, 0.25) is 0 Å². The summed E-state index contributed by atoms with van der Waals surface area (Å²) in [5.74, 6) is -2.76. The monoisotopic (exact) mass is 347 g/mol. The average Bonchev–Trinajstić information content (AvgIpc) is 3.35. The molecule has 1 fully saturated rings. The summed E-state index contributed by atoms with van der Waals surface area (Å²) in [5, 5.41) is 9.08. The molecule has 1 aliphatic rings. The fourth-order valence-corrected chi connectivity index (χ4v) is 2.43. The number of esters is 1. The molecule has 0 unspecified atom stereocenters. The number of carbonyl (C=O) groups is 1. The number of hydrogen-bond acceptors (Lipinski definition) is 5. The lowest BCUT2D eigenvalue weighted by atomic mass is 10.2. The van der Waals surface area contributed by atoms with Gasteiger partial charge in [-0.3, -0.25) is 0 Å². The highest BCUT2D eigenvalue weighted by molar-refractivity contribution is 5.95. The van der Waals surface area contributed by atoms with Gasteiger partial charge in [0.15, 0.2) is 23.1 Å². The van der Waals surface area contributed by atoms with Crippen molar-refractivity contribution in [1.29, 1.82) is 5.26 Å². The minimum Gasteiger partial charge on any atom is -0.487 e. The Hall–Kier alpha value is -3.08. The maximum atomic E-state index is 14.3. The average molecular weight is 347 g/mol. The van der Waals surface area contributed by atoms with Gasteiger partial charge in [0.1, 0.15) is 6.07 Å². The normalized spacial score (nSPS) is 13.4. The van der Waals surface area contributed by atoms with Crippen LogP contribution < -0.4 is 10.5 Å². The van der Waals surface area contributed by atoms with E-state index in [1.54, 1.807) is 0 Å². The molecule has 1 aromatic carbocycles. The van der Waals surface area contributed by atoms with Gasteiger partial charge in [0, 0.05) is 18.3 Å².